The Bertz CT molecular complexity index is 1140. The summed E-state index contributed by atoms with van der Waals surface area (Å²) in [7, 11) is 1.43. The summed E-state index contributed by atoms with van der Waals surface area (Å²) in [5.41, 5.74) is 1.99. The Kier molecular flexibility index (Phi) is 5.28. The standard InChI is InChI=1S/C21H17F2N3O5/c1-29-20-25-15(13-3-2-4-14(10-13)19(27)28)11-18(26-20)24-8-7-12-5-6-16-17(9-12)31-21(22,23)30-16/h2-6,9-11H,7-8H2,1H3,(H,27,28)(H,24,25,26). The molecule has 0 unspecified atom stereocenters. The van der Waals surface area contributed by atoms with Crippen molar-refractivity contribution in [2.75, 3.05) is 19.0 Å². The molecule has 0 atom stereocenters. The van der Waals surface area contributed by atoms with Crippen molar-refractivity contribution in [3.8, 4) is 28.8 Å². The van der Waals surface area contributed by atoms with Gasteiger partial charge in [-0.2, -0.15) is 9.97 Å². The van der Waals surface area contributed by atoms with Crippen molar-refractivity contribution in [1.29, 1.82) is 0 Å². The van der Waals surface area contributed by atoms with Gasteiger partial charge in [-0.05, 0) is 36.2 Å². The summed E-state index contributed by atoms with van der Waals surface area (Å²) in [5.74, 6) is -0.583. The number of rotatable bonds is 7. The predicted octanol–water partition coefficient (Wildman–Crippen LogP) is 3.83. The van der Waals surface area contributed by atoms with Gasteiger partial charge in [-0.15, -0.1) is 8.78 Å². The van der Waals surface area contributed by atoms with Crippen molar-refractivity contribution in [1.82, 2.24) is 9.97 Å². The van der Waals surface area contributed by atoms with Gasteiger partial charge in [-0.1, -0.05) is 18.2 Å². The summed E-state index contributed by atoms with van der Waals surface area (Å²) < 4.78 is 40.3. The van der Waals surface area contributed by atoms with Gasteiger partial charge < -0.3 is 24.6 Å². The predicted molar refractivity (Wildman–Crippen MR) is 106 cm³/mol. The van der Waals surface area contributed by atoms with Crippen LogP contribution in [0.5, 0.6) is 17.5 Å². The molecular weight excluding hydrogens is 412 g/mol. The first-order valence-corrected chi connectivity index (χ1v) is 9.22. The number of ether oxygens (including phenoxy) is 3. The lowest BCUT2D eigenvalue weighted by Crippen LogP contribution is -2.25. The SMILES string of the molecule is COc1nc(NCCc2ccc3c(c2)OC(F)(F)O3)cc(-c2cccc(C(=O)O)c2)n1. The molecule has 2 aromatic carbocycles. The zero-order chi connectivity index (χ0) is 22.0. The van der Waals surface area contributed by atoms with Crippen LogP contribution in [-0.4, -0.2) is 41.0 Å². The summed E-state index contributed by atoms with van der Waals surface area (Å²) >= 11 is 0. The largest absolute Gasteiger partial charge is 0.586 e. The van der Waals surface area contributed by atoms with Crippen LogP contribution < -0.4 is 19.5 Å². The Morgan fingerprint density at radius 3 is 2.71 bits per heavy atom. The molecule has 1 aliphatic rings. The van der Waals surface area contributed by atoms with E-state index < -0.39 is 12.3 Å². The van der Waals surface area contributed by atoms with E-state index in [-0.39, 0.29) is 23.1 Å². The number of carbonyl (C=O) groups is 1. The number of nitrogens with zero attached hydrogens (tertiary/aromatic N) is 2. The van der Waals surface area contributed by atoms with Crippen molar-refractivity contribution in [3.05, 3.63) is 59.7 Å². The Hall–Kier alpha value is -3.95. The lowest BCUT2D eigenvalue weighted by Gasteiger charge is -2.10. The smallest absolute Gasteiger partial charge is 0.478 e. The Morgan fingerprint density at radius 1 is 1.13 bits per heavy atom. The maximum Gasteiger partial charge on any atom is 0.586 e. The first-order chi connectivity index (χ1) is 14.8. The fourth-order valence-electron chi connectivity index (χ4n) is 3.05. The van der Waals surface area contributed by atoms with Gasteiger partial charge >= 0.3 is 18.3 Å². The molecule has 4 rings (SSSR count). The molecule has 0 saturated carbocycles. The van der Waals surface area contributed by atoms with E-state index in [9.17, 15) is 18.7 Å². The number of anilines is 1. The summed E-state index contributed by atoms with van der Waals surface area (Å²) in [6, 6.07) is 12.8. The lowest BCUT2D eigenvalue weighted by atomic mass is 10.1. The second kappa shape index (κ2) is 8.05. The van der Waals surface area contributed by atoms with E-state index in [0.29, 0.717) is 30.0 Å². The van der Waals surface area contributed by atoms with Crippen LogP contribution in [0.25, 0.3) is 11.3 Å². The van der Waals surface area contributed by atoms with Crippen LogP contribution in [0.4, 0.5) is 14.6 Å². The average molecular weight is 429 g/mol. The quantitative estimate of drug-likeness (QED) is 0.584. The third-order valence-electron chi connectivity index (χ3n) is 4.48. The van der Waals surface area contributed by atoms with Gasteiger partial charge in [0.25, 0.3) is 0 Å². The summed E-state index contributed by atoms with van der Waals surface area (Å²) in [5, 5.41) is 12.3. The van der Waals surface area contributed by atoms with Crippen LogP contribution in [0.3, 0.4) is 0 Å². The van der Waals surface area contributed by atoms with Crippen molar-refractivity contribution in [2.24, 2.45) is 0 Å². The van der Waals surface area contributed by atoms with Gasteiger partial charge in [0.2, 0.25) is 0 Å². The van der Waals surface area contributed by atoms with Gasteiger partial charge in [0.05, 0.1) is 18.4 Å². The van der Waals surface area contributed by atoms with Gasteiger partial charge in [-0.25, -0.2) is 4.79 Å². The number of hydrogen-bond acceptors (Lipinski definition) is 7. The van der Waals surface area contributed by atoms with Gasteiger partial charge in [0.1, 0.15) is 5.82 Å². The zero-order valence-electron chi connectivity index (χ0n) is 16.3. The van der Waals surface area contributed by atoms with Gasteiger partial charge in [0, 0.05) is 18.2 Å². The fourth-order valence-corrected chi connectivity index (χ4v) is 3.05. The number of nitrogens with one attached hydrogen (secondary N) is 1. The van der Waals surface area contributed by atoms with Crippen LogP contribution in [0.2, 0.25) is 0 Å². The second-order valence-corrected chi connectivity index (χ2v) is 6.64. The van der Waals surface area contributed by atoms with E-state index in [1.807, 2.05) is 0 Å². The highest BCUT2D eigenvalue weighted by atomic mass is 19.3. The molecule has 0 spiro atoms. The maximum atomic E-state index is 13.1. The number of carboxylic acids is 1. The zero-order valence-corrected chi connectivity index (χ0v) is 16.3. The number of carboxylic acid groups (broad SMARTS) is 1. The average Bonchev–Trinajstić information content (AvgIpc) is 3.06. The van der Waals surface area contributed by atoms with Crippen LogP contribution >= 0.6 is 0 Å². The molecule has 0 fully saturated rings. The molecule has 2 heterocycles. The van der Waals surface area contributed by atoms with Gasteiger partial charge in [-0.3, -0.25) is 0 Å². The van der Waals surface area contributed by atoms with Crippen LogP contribution in [0.1, 0.15) is 15.9 Å². The Labute approximate surface area is 175 Å². The molecule has 1 aliphatic heterocycles. The molecule has 160 valence electrons. The number of fused-ring (bicyclic) bond motifs is 1. The van der Waals surface area contributed by atoms with Crippen molar-refractivity contribution < 1.29 is 32.9 Å². The monoisotopic (exact) mass is 429 g/mol. The number of aromatic carboxylic acids is 1. The Morgan fingerprint density at radius 2 is 1.94 bits per heavy atom. The van der Waals surface area contributed by atoms with Gasteiger partial charge in [0.15, 0.2) is 11.5 Å². The first-order valence-electron chi connectivity index (χ1n) is 9.22. The first kappa shape index (κ1) is 20.3. The van der Waals surface area contributed by atoms with E-state index in [1.54, 1.807) is 24.3 Å². The molecule has 0 amide bonds. The van der Waals surface area contributed by atoms with E-state index in [4.69, 9.17) is 4.74 Å². The highest BCUT2D eigenvalue weighted by molar-refractivity contribution is 5.89. The minimum atomic E-state index is -3.65. The molecule has 0 saturated heterocycles. The minimum absolute atomic E-state index is 0.00419. The summed E-state index contributed by atoms with van der Waals surface area (Å²) in [4.78, 5) is 19.7. The van der Waals surface area contributed by atoms with E-state index in [2.05, 4.69) is 24.8 Å². The lowest BCUT2D eigenvalue weighted by molar-refractivity contribution is -0.286. The topological polar surface area (TPSA) is 103 Å². The molecule has 0 bridgehead atoms. The molecular formula is C21H17F2N3O5. The molecule has 3 aromatic rings. The fraction of sp³-hybridized carbons (Fsp3) is 0.190. The maximum absolute atomic E-state index is 13.1. The summed E-state index contributed by atoms with van der Waals surface area (Å²) in [6.07, 6.45) is -3.15. The van der Waals surface area contributed by atoms with Crippen molar-refractivity contribution >= 4 is 11.8 Å². The molecule has 31 heavy (non-hydrogen) atoms. The Balaban J connectivity index is 1.48. The molecule has 8 nitrogen and oxygen atoms in total. The van der Waals surface area contributed by atoms with E-state index >= 15 is 0 Å². The van der Waals surface area contributed by atoms with E-state index in [0.717, 1.165) is 5.56 Å². The van der Waals surface area contributed by atoms with Crippen LogP contribution in [0, 0.1) is 0 Å². The highest BCUT2D eigenvalue weighted by Crippen LogP contribution is 2.41. The minimum Gasteiger partial charge on any atom is -0.478 e. The third-order valence-corrected chi connectivity index (χ3v) is 4.48. The molecule has 1 aromatic heterocycles. The number of alkyl halides is 2. The number of hydrogen-bond donors (Lipinski definition) is 2. The molecule has 10 heteroatoms. The van der Waals surface area contributed by atoms with E-state index in [1.165, 1.54) is 31.4 Å². The van der Waals surface area contributed by atoms with Crippen LogP contribution in [0.15, 0.2) is 48.5 Å². The second-order valence-electron chi connectivity index (χ2n) is 6.64. The number of methoxy groups -OCH3 is 1. The molecule has 2 N–H and O–H groups in total. The number of halogens is 2. The normalized spacial score (nSPS) is 13.6. The number of aromatic nitrogens is 2. The van der Waals surface area contributed by atoms with Crippen molar-refractivity contribution in [3.63, 3.8) is 0 Å². The van der Waals surface area contributed by atoms with Crippen molar-refractivity contribution in [2.45, 2.75) is 12.7 Å². The third kappa shape index (κ3) is 4.63. The number of benzene rings is 2. The highest BCUT2D eigenvalue weighted by Gasteiger charge is 2.43. The van der Waals surface area contributed by atoms with Crippen LogP contribution in [-0.2, 0) is 6.42 Å². The molecule has 0 aliphatic carbocycles. The summed E-state index contributed by atoms with van der Waals surface area (Å²) in [6.45, 7) is 0.435. The molecule has 0 radical (unpaired) electrons.